The van der Waals surface area contributed by atoms with Gasteiger partial charge in [-0.3, -0.25) is 9.69 Å². The van der Waals surface area contributed by atoms with Gasteiger partial charge in [-0.2, -0.15) is 0 Å². The van der Waals surface area contributed by atoms with Crippen molar-refractivity contribution < 1.29 is 14.7 Å². The van der Waals surface area contributed by atoms with Gasteiger partial charge in [-0.15, -0.1) is 0 Å². The van der Waals surface area contributed by atoms with E-state index in [1.54, 1.807) is 36.4 Å². The van der Waals surface area contributed by atoms with Gasteiger partial charge in [-0.1, -0.05) is 35.9 Å². The topological polar surface area (TPSA) is 70.0 Å². The Bertz CT molecular complexity index is 923. The average molecular weight is 387 g/mol. The van der Waals surface area contributed by atoms with Crippen LogP contribution in [-0.2, 0) is 4.79 Å². The van der Waals surface area contributed by atoms with Gasteiger partial charge in [-0.25, -0.2) is 9.79 Å². The van der Waals surface area contributed by atoms with Crippen molar-refractivity contribution in [3.8, 4) is 0 Å². The van der Waals surface area contributed by atoms with Crippen molar-refractivity contribution in [1.29, 1.82) is 0 Å². The van der Waals surface area contributed by atoms with Crippen molar-refractivity contribution in [2.75, 3.05) is 6.54 Å². The number of thioether (sulfide) groups is 1. The summed E-state index contributed by atoms with van der Waals surface area (Å²) in [4.78, 5) is 30.5. The van der Waals surface area contributed by atoms with Crippen molar-refractivity contribution in [2.24, 2.45) is 4.99 Å². The average Bonchev–Trinajstić information content (AvgIpc) is 2.92. The molecule has 0 atom stereocenters. The van der Waals surface area contributed by atoms with E-state index < -0.39 is 5.97 Å². The minimum Gasteiger partial charge on any atom is -0.478 e. The number of amidine groups is 1. The molecule has 0 spiro atoms. The SMILES string of the molecule is CCN1C(=O)/C(=C/c2ccc(Cl)cc2)SC1=Nc1ccccc1C(=O)O. The van der Waals surface area contributed by atoms with E-state index in [-0.39, 0.29) is 11.5 Å². The molecular weight excluding hydrogens is 372 g/mol. The van der Waals surface area contributed by atoms with Crippen LogP contribution >= 0.6 is 23.4 Å². The molecular formula is C19H15ClN2O3S. The summed E-state index contributed by atoms with van der Waals surface area (Å²) in [6.45, 7) is 2.29. The molecule has 3 rings (SSSR count). The number of nitrogens with zero attached hydrogens (tertiary/aromatic N) is 2. The molecule has 1 saturated heterocycles. The number of benzene rings is 2. The summed E-state index contributed by atoms with van der Waals surface area (Å²) < 4.78 is 0. The van der Waals surface area contributed by atoms with E-state index in [1.807, 2.05) is 19.1 Å². The molecule has 0 saturated carbocycles. The number of aliphatic imine (C=N–C) groups is 1. The number of hydrogen-bond donors (Lipinski definition) is 1. The van der Waals surface area contributed by atoms with Crippen molar-refractivity contribution >= 4 is 52.2 Å². The van der Waals surface area contributed by atoms with Crippen molar-refractivity contribution in [3.63, 3.8) is 0 Å². The van der Waals surface area contributed by atoms with Crippen LogP contribution in [0.4, 0.5) is 5.69 Å². The summed E-state index contributed by atoms with van der Waals surface area (Å²) in [5, 5.41) is 10.4. The summed E-state index contributed by atoms with van der Waals surface area (Å²) >= 11 is 7.12. The maximum absolute atomic E-state index is 12.6. The molecule has 1 fully saturated rings. The zero-order valence-electron chi connectivity index (χ0n) is 13.8. The molecule has 1 heterocycles. The predicted octanol–water partition coefficient (Wildman–Crippen LogP) is 4.66. The molecule has 0 aromatic heterocycles. The Morgan fingerprint density at radius 2 is 1.92 bits per heavy atom. The van der Waals surface area contributed by atoms with Gasteiger partial charge in [0.2, 0.25) is 0 Å². The van der Waals surface area contributed by atoms with E-state index in [2.05, 4.69) is 4.99 Å². The number of hydrogen-bond acceptors (Lipinski definition) is 4. The number of rotatable bonds is 4. The molecule has 0 bridgehead atoms. The highest BCUT2D eigenvalue weighted by Gasteiger charge is 2.32. The van der Waals surface area contributed by atoms with Gasteiger partial charge in [0.05, 0.1) is 16.2 Å². The van der Waals surface area contributed by atoms with E-state index in [9.17, 15) is 14.7 Å². The quantitative estimate of drug-likeness (QED) is 0.775. The van der Waals surface area contributed by atoms with Crippen LogP contribution in [0, 0.1) is 0 Å². The van der Waals surface area contributed by atoms with Gasteiger partial charge in [0.1, 0.15) is 0 Å². The van der Waals surface area contributed by atoms with Crippen LogP contribution in [0.15, 0.2) is 58.4 Å². The second-order valence-electron chi connectivity index (χ2n) is 5.43. The monoisotopic (exact) mass is 386 g/mol. The second kappa shape index (κ2) is 7.76. The smallest absolute Gasteiger partial charge is 0.337 e. The Kier molecular flexibility index (Phi) is 5.44. The maximum Gasteiger partial charge on any atom is 0.337 e. The number of carbonyl (C=O) groups is 2. The number of aromatic carboxylic acids is 1. The van der Waals surface area contributed by atoms with E-state index in [0.29, 0.717) is 27.3 Å². The number of carboxylic acids is 1. The first-order chi connectivity index (χ1) is 12.5. The zero-order valence-corrected chi connectivity index (χ0v) is 15.4. The Balaban J connectivity index is 1.97. The summed E-state index contributed by atoms with van der Waals surface area (Å²) in [6.07, 6.45) is 1.78. The number of amides is 1. The lowest BCUT2D eigenvalue weighted by Gasteiger charge is -2.12. The Hall–Kier alpha value is -2.57. The molecule has 1 aliphatic heterocycles. The molecule has 1 amide bonds. The molecule has 0 unspecified atom stereocenters. The Morgan fingerprint density at radius 1 is 1.23 bits per heavy atom. The maximum atomic E-state index is 12.6. The van der Waals surface area contributed by atoms with Crippen molar-refractivity contribution in [1.82, 2.24) is 4.90 Å². The lowest BCUT2D eigenvalue weighted by Crippen LogP contribution is -2.28. The molecule has 0 aliphatic carbocycles. The first-order valence-electron chi connectivity index (χ1n) is 7.87. The number of likely N-dealkylation sites (N-methyl/N-ethyl adjacent to an activating group) is 1. The third kappa shape index (κ3) is 3.81. The molecule has 1 N–H and O–H groups in total. The minimum atomic E-state index is -1.06. The normalized spacial score (nSPS) is 17.3. The van der Waals surface area contributed by atoms with Crippen LogP contribution < -0.4 is 0 Å². The predicted molar refractivity (Wildman–Crippen MR) is 105 cm³/mol. The first-order valence-corrected chi connectivity index (χ1v) is 9.07. The van der Waals surface area contributed by atoms with Crippen LogP contribution in [0.2, 0.25) is 5.02 Å². The fraction of sp³-hybridized carbons (Fsp3) is 0.105. The van der Waals surface area contributed by atoms with Crippen LogP contribution in [0.5, 0.6) is 0 Å². The highest BCUT2D eigenvalue weighted by molar-refractivity contribution is 8.18. The van der Waals surface area contributed by atoms with Crippen LogP contribution in [-0.4, -0.2) is 33.6 Å². The summed E-state index contributed by atoms with van der Waals surface area (Å²) in [5.74, 6) is -1.21. The molecule has 132 valence electrons. The highest BCUT2D eigenvalue weighted by Crippen LogP contribution is 2.34. The van der Waals surface area contributed by atoms with Crippen LogP contribution in [0.1, 0.15) is 22.8 Å². The zero-order chi connectivity index (χ0) is 18.7. The Labute approximate surface area is 160 Å². The van der Waals surface area contributed by atoms with Crippen LogP contribution in [0.3, 0.4) is 0 Å². The molecule has 5 nitrogen and oxygen atoms in total. The molecule has 7 heteroatoms. The lowest BCUT2D eigenvalue weighted by molar-refractivity contribution is -0.122. The van der Waals surface area contributed by atoms with E-state index in [0.717, 1.165) is 5.56 Å². The second-order valence-corrected chi connectivity index (χ2v) is 6.87. The number of carboxylic acid groups (broad SMARTS) is 1. The third-order valence-corrected chi connectivity index (χ3v) is 4.98. The number of halogens is 1. The van der Waals surface area contributed by atoms with Gasteiger partial charge in [0.25, 0.3) is 5.91 Å². The molecule has 2 aromatic rings. The third-order valence-electron chi connectivity index (χ3n) is 3.72. The van der Waals surface area contributed by atoms with Crippen molar-refractivity contribution in [2.45, 2.75) is 6.92 Å². The first kappa shape index (κ1) is 18.2. The number of carbonyl (C=O) groups excluding carboxylic acids is 1. The Morgan fingerprint density at radius 3 is 2.58 bits per heavy atom. The standard InChI is InChI=1S/C19H15ClN2O3S/c1-2-22-17(23)16(11-12-7-9-13(20)10-8-12)26-19(22)21-15-6-4-3-5-14(15)18(24)25/h3-11H,2H2,1H3,(H,24,25)/b16-11-,21-19?. The van der Waals surface area contributed by atoms with Gasteiger partial charge < -0.3 is 5.11 Å². The molecule has 26 heavy (non-hydrogen) atoms. The summed E-state index contributed by atoms with van der Waals surface area (Å²) in [6, 6.07) is 13.6. The highest BCUT2D eigenvalue weighted by atomic mass is 35.5. The van der Waals surface area contributed by atoms with E-state index >= 15 is 0 Å². The molecule has 1 aliphatic rings. The van der Waals surface area contributed by atoms with Gasteiger partial charge in [0, 0.05) is 11.6 Å². The van der Waals surface area contributed by atoms with Crippen molar-refractivity contribution in [3.05, 3.63) is 69.6 Å². The largest absolute Gasteiger partial charge is 0.478 e. The number of para-hydroxylation sites is 1. The minimum absolute atomic E-state index is 0.0965. The van der Waals surface area contributed by atoms with Crippen LogP contribution in [0.25, 0.3) is 6.08 Å². The summed E-state index contributed by atoms with van der Waals surface area (Å²) in [7, 11) is 0. The van der Waals surface area contributed by atoms with Gasteiger partial charge in [0.15, 0.2) is 5.17 Å². The fourth-order valence-electron chi connectivity index (χ4n) is 2.44. The lowest BCUT2D eigenvalue weighted by atomic mass is 10.2. The molecule has 0 radical (unpaired) electrons. The van der Waals surface area contributed by atoms with E-state index in [1.165, 1.54) is 22.7 Å². The van der Waals surface area contributed by atoms with Gasteiger partial charge in [-0.05, 0) is 54.6 Å². The van der Waals surface area contributed by atoms with Gasteiger partial charge >= 0.3 is 5.97 Å². The summed E-state index contributed by atoms with van der Waals surface area (Å²) in [5.41, 5.74) is 1.27. The fourth-order valence-corrected chi connectivity index (χ4v) is 3.62. The molecule has 2 aromatic carbocycles. The van der Waals surface area contributed by atoms with E-state index in [4.69, 9.17) is 11.6 Å².